The van der Waals surface area contributed by atoms with E-state index in [0.29, 0.717) is 31.0 Å². The number of anilines is 1. The average molecular weight is 512 g/mol. The Morgan fingerprint density at radius 3 is 2.51 bits per heavy atom. The Kier molecular flexibility index (Phi) is 7.32. The molecular formula is C26H24F3N5O3. The normalized spacial score (nSPS) is 15.6. The topological polar surface area (TPSA) is 116 Å². The van der Waals surface area contributed by atoms with Gasteiger partial charge in [-0.15, -0.1) is 0 Å². The molecule has 2 amide bonds. The smallest absolute Gasteiger partial charge is 0.254 e. The van der Waals surface area contributed by atoms with Crippen LogP contribution < -0.4 is 16.2 Å². The second kappa shape index (κ2) is 10.6. The zero-order valence-corrected chi connectivity index (χ0v) is 19.7. The molecule has 192 valence electrons. The Bertz CT molecular complexity index is 1380. The highest BCUT2D eigenvalue weighted by molar-refractivity contribution is 6.03. The number of aromatic nitrogens is 2. The van der Waals surface area contributed by atoms with E-state index in [1.54, 1.807) is 17.0 Å². The lowest BCUT2D eigenvalue weighted by Crippen LogP contribution is -2.40. The second-order valence-electron chi connectivity index (χ2n) is 8.48. The fourth-order valence-corrected chi connectivity index (χ4v) is 4.16. The number of nitrogen functional groups attached to an aromatic ring is 1. The van der Waals surface area contributed by atoms with E-state index in [2.05, 4.69) is 11.7 Å². The minimum Gasteiger partial charge on any atom is -0.454 e. The van der Waals surface area contributed by atoms with Crippen molar-refractivity contribution in [3.05, 3.63) is 84.2 Å². The maximum Gasteiger partial charge on any atom is 0.254 e. The number of hydrogen-bond donors (Lipinski definition) is 2. The van der Waals surface area contributed by atoms with Crippen LogP contribution >= 0.6 is 0 Å². The molecule has 1 aliphatic heterocycles. The summed E-state index contributed by atoms with van der Waals surface area (Å²) in [4.78, 5) is 26.2. The van der Waals surface area contributed by atoms with E-state index in [1.807, 2.05) is 0 Å². The highest BCUT2D eigenvalue weighted by Gasteiger charge is 2.29. The van der Waals surface area contributed by atoms with Gasteiger partial charge in [0, 0.05) is 30.8 Å². The lowest BCUT2D eigenvalue weighted by molar-refractivity contribution is -0.127. The first-order chi connectivity index (χ1) is 17.6. The van der Waals surface area contributed by atoms with Crippen LogP contribution in [0, 0.1) is 11.6 Å². The number of ether oxygens (including phenoxy) is 1. The molecule has 11 heteroatoms. The zero-order chi connectivity index (χ0) is 26.7. The number of nitrogens with zero attached hydrogens (tertiary/aromatic N) is 3. The summed E-state index contributed by atoms with van der Waals surface area (Å²) in [5.74, 6) is -3.28. The fraction of sp³-hybridized carbons (Fsp3) is 0.192. The number of piperidine rings is 1. The summed E-state index contributed by atoms with van der Waals surface area (Å²) in [6.45, 7) is 3.83. The molecule has 2 aromatic carbocycles. The van der Waals surface area contributed by atoms with E-state index >= 15 is 0 Å². The van der Waals surface area contributed by atoms with Crippen molar-refractivity contribution in [1.29, 1.82) is 0 Å². The van der Waals surface area contributed by atoms with Gasteiger partial charge in [-0.2, -0.15) is 5.10 Å². The van der Waals surface area contributed by atoms with E-state index in [1.165, 1.54) is 22.9 Å². The summed E-state index contributed by atoms with van der Waals surface area (Å²) >= 11 is 0. The lowest BCUT2D eigenvalue weighted by Gasteiger charge is -2.32. The van der Waals surface area contributed by atoms with Crippen molar-refractivity contribution >= 4 is 17.6 Å². The lowest BCUT2D eigenvalue weighted by atomic mass is 10.1. The number of halogens is 3. The molecular weight excluding hydrogens is 487 g/mol. The molecule has 4 N–H and O–H groups in total. The van der Waals surface area contributed by atoms with Gasteiger partial charge in [0.15, 0.2) is 11.6 Å². The average Bonchev–Trinajstić information content (AvgIpc) is 3.22. The number of rotatable bonds is 7. The van der Waals surface area contributed by atoms with Gasteiger partial charge < -0.3 is 21.1 Å². The monoisotopic (exact) mass is 511 g/mol. The van der Waals surface area contributed by atoms with Crippen molar-refractivity contribution in [1.82, 2.24) is 14.7 Å². The molecule has 0 bridgehead atoms. The molecule has 1 saturated heterocycles. The summed E-state index contributed by atoms with van der Waals surface area (Å²) in [7, 11) is 0. The summed E-state index contributed by atoms with van der Waals surface area (Å²) in [6, 6.07) is 8.89. The highest BCUT2D eigenvalue weighted by Crippen LogP contribution is 2.33. The second-order valence-corrected chi connectivity index (χ2v) is 8.48. The van der Waals surface area contributed by atoms with Gasteiger partial charge in [0.05, 0.1) is 6.04 Å². The van der Waals surface area contributed by atoms with Crippen LogP contribution in [-0.2, 0) is 4.79 Å². The van der Waals surface area contributed by atoms with Crippen molar-refractivity contribution in [2.24, 2.45) is 5.73 Å². The van der Waals surface area contributed by atoms with Crippen LogP contribution in [-0.4, -0.2) is 39.6 Å². The Labute approximate surface area is 210 Å². The SMILES string of the molecule is C=C(F)C=CC(=O)N1CCCC(n2nc(-c3ccc(Oc4ccc(F)cc4F)cc3)c(C(N)=O)c2N)C1. The molecule has 37 heavy (non-hydrogen) atoms. The molecule has 4 rings (SSSR count). The van der Waals surface area contributed by atoms with Crippen LogP contribution in [0.15, 0.2) is 67.0 Å². The predicted octanol–water partition coefficient (Wildman–Crippen LogP) is 4.50. The molecule has 0 aliphatic carbocycles. The van der Waals surface area contributed by atoms with Crippen LogP contribution in [0.4, 0.5) is 19.0 Å². The van der Waals surface area contributed by atoms with Gasteiger partial charge >= 0.3 is 0 Å². The van der Waals surface area contributed by atoms with Crippen molar-refractivity contribution in [3.63, 3.8) is 0 Å². The van der Waals surface area contributed by atoms with E-state index in [-0.39, 0.29) is 47.1 Å². The Balaban J connectivity index is 1.59. The maximum absolute atomic E-state index is 13.9. The zero-order valence-electron chi connectivity index (χ0n) is 19.7. The Hall–Kier alpha value is -4.54. The molecule has 0 radical (unpaired) electrons. The first kappa shape index (κ1) is 25.5. The summed E-state index contributed by atoms with van der Waals surface area (Å²) < 4.78 is 46.9. The van der Waals surface area contributed by atoms with Crippen LogP contribution in [0.2, 0.25) is 0 Å². The number of primary amides is 1. The number of benzene rings is 2. The number of carbonyl (C=O) groups is 2. The van der Waals surface area contributed by atoms with Gasteiger partial charge in [-0.3, -0.25) is 9.59 Å². The molecule has 2 heterocycles. The predicted molar refractivity (Wildman–Crippen MR) is 131 cm³/mol. The van der Waals surface area contributed by atoms with E-state index in [9.17, 15) is 22.8 Å². The van der Waals surface area contributed by atoms with Crippen molar-refractivity contribution in [3.8, 4) is 22.8 Å². The number of amides is 2. The van der Waals surface area contributed by atoms with Crippen molar-refractivity contribution in [2.75, 3.05) is 18.8 Å². The van der Waals surface area contributed by atoms with Gasteiger partial charge in [-0.25, -0.2) is 17.9 Å². The van der Waals surface area contributed by atoms with Crippen LogP contribution in [0.25, 0.3) is 11.3 Å². The van der Waals surface area contributed by atoms with Crippen molar-refractivity contribution in [2.45, 2.75) is 18.9 Å². The standard InChI is InChI=1S/C26H24F3N5O3/c1-15(27)4-11-22(35)33-12-2-3-18(14-33)34-25(30)23(26(31)36)24(32-34)16-5-8-19(9-6-16)37-21-10-7-17(28)13-20(21)29/h4-11,13,18H,1-3,12,14,30H2,(H2,31,36). The largest absolute Gasteiger partial charge is 0.454 e. The summed E-state index contributed by atoms with van der Waals surface area (Å²) in [5, 5.41) is 4.55. The molecule has 1 aliphatic rings. The first-order valence-corrected chi connectivity index (χ1v) is 11.4. The molecule has 8 nitrogen and oxygen atoms in total. The van der Waals surface area contributed by atoms with Crippen LogP contribution in [0.5, 0.6) is 11.5 Å². The summed E-state index contributed by atoms with van der Waals surface area (Å²) in [6.07, 6.45) is 3.39. The third kappa shape index (κ3) is 5.66. The minimum absolute atomic E-state index is 0.0234. The van der Waals surface area contributed by atoms with Gasteiger partial charge in [0.2, 0.25) is 5.91 Å². The number of carbonyl (C=O) groups excluding carboxylic acids is 2. The van der Waals surface area contributed by atoms with Gasteiger partial charge in [0.1, 0.15) is 34.5 Å². The fourth-order valence-electron chi connectivity index (χ4n) is 4.16. The van der Waals surface area contributed by atoms with Gasteiger partial charge in [-0.05, 0) is 55.3 Å². The van der Waals surface area contributed by atoms with Gasteiger partial charge in [0.25, 0.3) is 5.91 Å². The molecule has 1 aromatic heterocycles. The first-order valence-electron chi connectivity index (χ1n) is 11.4. The van der Waals surface area contributed by atoms with Crippen LogP contribution in [0.1, 0.15) is 29.2 Å². The number of likely N-dealkylation sites (tertiary alicyclic amines) is 1. The number of hydrogen-bond acceptors (Lipinski definition) is 5. The third-order valence-electron chi connectivity index (χ3n) is 5.90. The van der Waals surface area contributed by atoms with E-state index in [0.717, 1.165) is 18.2 Å². The van der Waals surface area contributed by atoms with E-state index in [4.69, 9.17) is 16.2 Å². The molecule has 1 unspecified atom stereocenters. The van der Waals surface area contributed by atoms with Gasteiger partial charge in [-0.1, -0.05) is 6.58 Å². The third-order valence-corrected chi connectivity index (χ3v) is 5.90. The number of allylic oxidation sites excluding steroid dienone is 2. The maximum atomic E-state index is 13.9. The molecule has 0 saturated carbocycles. The highest BCUT2D eigenvalue weighted by atomic mass is 19.1. The quantitative estimate of drug-likeness (QED) is 0.358. The van der Waals surface area contributed by atoms with Crippen molar-refractivity contribution < 1.29 is 27.5 Å². The van der Waals surface area contributed by atoms with E-state index < -0.39 is 23.4 Å². The molecule has 3 aromatic rings. The Morgan fingerprint density at radius 1 is 1.14 bits per heavy atom. The molecule has 1 atom stereocenters. The number of nitrogens with two attached hydrogens (primary N) is 2. The molecule has 0 spiro atoms. The minimum atomic E-state index is -0.850. The Morgan fingerprint density at radius 2 is 1.86 bits per heavy atom. The molecule has 1 fully saturated rings. The summed E-state index contributed by atoms with van der Waals surface area (Å²) in [5.41, 5.74) is 12.7. The van der Waals surface area contributed by atoms with Crippen LogP contribution in [0.3, 0.4) is 0 Å².